The van der Waals surface area contributed by atoms with E-state index >= 15 is 0 Å². The minimum absolute atomic E-state index is 0.825. The molecular formula is C18H30N2. The highest BCUT2D eigenvalue weighted by atomic mass is 15.1. The minimum atomic E-state index is 0.825. The second kappa shape index (κ2) is 8.43. The van der Waals surface area contributed by atoms with Crippen LogP contribution in [0.4, 0.5) is 0 Å². The van der Waals surface area contributed by atoms with Gasteiger partial charge in [0.15, 0.2) is 0 Å². The van der Waals surface area contributed by atoms with Crippen LogP contribution in [-0.2, 0) is 13.0 Å². The molecule has 0 aromatic heterocycles. The van der Waals surface area contributed by atoms with Gasteiger partial charge >= 0.3 is 0 Å². The molecule has 0 spiro atoms. The van der Waals surface area contributed by atoms with Crippen molar-refractivity contribution in [3.63, 3.8) is 0 Å². The molecule has 1 aromatic rings. The first-order valence-electron chi connectivity index (χ1n) is 8.27. The van der Waals surface area contributed by atoms with Crippen LogP contribution < -0.4 is 5.32 Å². The van der Waals surface area contributed by atoms with E-state index in [1.807, 2.05) is 0 Å². The molecule has 0 aliphatic heterocycles. The van der Waals surface area contributed by atoms with Gasteiger partial charge in [0, 0.05) is 12.6 Å². The average Bonchev–Trinajstić information content (AvgIpc) is 3.25. The molecule has 1 fully saturated rings. The van der Waals surface area contributed by atoms with Crippen molar-refractivity contribution in [3.8, 4) is 0 Å². The maximum Gasteiger partial charge on any atom is 0.0230 e. The van der Waals surface area contributed by atoms with Crippen LogP contribution in [0.15, 0.2) is 24.3 Å². The summed E-state index contributed by atoms with van der Waals surface area (Å²) in [4.78, 5) is 2.43. The summed E-state index contributed by atoms with van der Waals surface area (Å²) >= 11 is 0. The fourth-order valence-electron chi connectivity index (χ4n) is 2.54. The van der Waals surface area contributed by atoms with Crippen LogP contribution >= 0.6 is 0 Å². The van der Waals surface area contributed by atoms with Crippen molar-refractivity contribution in [2.75, 3.05) is 20.1 Å². The summed E-state index contributed by atoms with van der Waals surface area (Å²) in [6.07, 6.45) is 7.88. The predicted molar refractivity (Wildman–Crippen MR) is 87.0 cm³/mol. The maximum absolute atomic E-state index is 3.57. The Morgan fingerprint density at radius 1 is 1.10 bits per heavy atom. The highest BCUT2D eigenvalue weighted by Crippen LogP contribution is 2.18. The molecule has 1 aliphatic carbocycles. The third kappa shape index (κ3) is 6.06. The second-order valence-electron chi connectivity index (χ2n) is 6.24. The van der Waals surface area contributed by atoms with Crippen LogP contribution in [0, 0.1) is 0 Å². The first-order valence-corrected chi connectivity index (χ1v) is 8.27. The Bertz CT molecular complexity index is 368. The minimum Gasteiger partial charge on any atom is -0.314 e. The summed E-state index contributed by atoms with van der Waals surface area (Å²) in [7, 11) is 2.23. The molecule has 1 aromatic carbocycles. The topological polar surface area (TPSA) is 15.3 Å². The molecule has 1 aliphatic rings. The predicted octanol–water partition coefficient (Wildman–Crippen LogP) is 3.60. The number of hydrogen-bond acceptors (Lipinski definition) is 2. The SMILES string of the molecule is CCCCCN(C)Cc1ccc(CCNC2CC2)cc1. The van der Waals surface area contributed by atoms with Gasteiger partial charge in [-0.3, -0.25) is 0 Å². The Morgan fingerprint density at radius 2 is 1.80 bits per heavy atom. The quantitative estimate of drug-likeness (QED) is 0.656. The van der Waals surface area contributed by atoms with Crippen molar-refractivity contribution in [3.05, 3.63) is 35.4 Å². The molecule has 2 heteroatoms. The monoisotopic (exact) mass is 274 g/mol. The van der Waals surface area contributed by atoms with Crippen molar-refractivity contribution in [1.82, 2.24) is 10.2 Å². The zero-order valence-electron chi connectivity index (χ0n) is 13.2. The van der Waals surface area contributed by atoms with Gasteiger partial charge in [0.25, 0.3) is 0 Å². The molecule has 0 saturated heterocycles. The van der Waals surface area contributed by atoms with Crippen LogP contribution in [-0.4, -0.2) is 31.1 Å². The lowest BCUT2D eigenvalue weighted by Gasteiger charge is -2.16. The van der Waals surface area contributed by atoms with Gasteiger partial charge in [-0.15, -0.1) is 0 Å². The van der Waals surface area contributed by atoms with Gasteiger partial charge in [-0.1, -0.05) is 44.0 Å². The van der Waals surface area contributed by atoms with Crippen LogP contribution in [0.3, 0.4) is 0 Å². The number of unbranched alkanes of at least 4 members (excludes halogenated alkanes) is 2. The van der Waals surface area contributed by atoms with Gasteiger partial charge in [-0.05, 0) is 56.9 Å². The second-order valence-corrected chi connectivity index (χ2v) is 6.24. The Hall–Kier alpha value is -0.860. The van der Waals surface area contributed by atoms with E-state index in [1.54, 1.807) is 0 Å². The van der Waals surface area contributed by atoms with Gasteiger partial charge in [0.2, 0.25) is 0 Å². The smallest absolute Gasteiger partial charge is 0.0230 e. The highest BCUT2D eigenvalue weighted by molar-refractivity contribution is 5.22. The molecule has 0 amide bonds. The van der Waals surface area contributed by atoms with E-state index in [9.17, 15) is 0 Å². The molecule has 0 atom stereocenters. The molecule has 2 nitrogen and oxygen atoms in total. The zero-order valence-corrected chi connectivity index (χ0v) is 13.2. The Balaban J connectivity index is 1.66. The van der Waals surface area contributed by atoms with Crippen molar-refractivity contribution in [2.24, 2.45) is 0 Å². The first-order chi connectivity index (χ1) is 9.78. The van der Waals surface area contributed by atoms with Crippen LogP contribution in [0.5, 0.6) is 0 Å². The van der Waals surface area contributed by atoms with E-state index in [4.69, 9.17) is 0 Å². The fourth-order valence-corrected chi connectivity index (χ4v) is 2.54. The van der Waals surface area contributed by atoms with Gasteiger partial charge in [-0.25, -0.2) is 0 Å². The molecule has 1 saturated carbocycles. The van der Waals surface area contributed by atoms with Crippen molar-refractivity contribution < 1.29 is 0 Å². The van der Waals surface area contributed by atoms with Crippen molar-refractivity contribution >= 4 is 0 Å². The number of nitrogens with one attached hydrogen (secondary N) is 1. The van der Waals surface area contributed by atoms with Crippen LogP contribution in [0.2, 0.25) is 0 Å². The number of benzene rings is 1. The van der Waals surface area contributed by atoms with Gasteiger partial charge in [0.05, 0.1) is 0 Å². The molecule has 0 unspecified atom stereocenters. The maximum atomic E-state index is 3.57. The Kier molecular flexibility index (Phi) is 6.55. The fraction of sp³-hybridized carbons (Fsp3) is 0.667. The number of hydrogen-bond donors (Lipinski definition) is 1. The molecule has 0 radical (unpaired) electrons. The largest absolute Gasteiger partial charge is 0.314 e. The molecule has 112 valence electrons. The molecular weight excluding hydrogens is 244 g/mol. The molecule has 1 N–H and O–H groups in total. The summed E-state index contributed by atoms with van der Waals surface area (Å²) in [5.74, 6) is 0. The lowest BCUT2D eigenvalue weighted by Crippen LogP contribution is -2.20. The van der Waals surface area contributed by atoms with Gasteiger partial charge < -0.3 is 10.2 Å². The molecule has 0 heterocycles. The van der Waals surface area contributed by atoms with E-state index < -0.39 is 0 Å². The third-order valence-electron chi connectivity index (χ3n) is 4.04. The van der Waals surface area contributed by atoms with E-state index in [0.29, 0.717) is 0 Å². The summed E-state index contributed by atoms with van der Waals surface area (Å²) in [6.45, 7) is 5.67. The lowest BCUT2D eigenvalue weighted by atomic mass is 10.1. The highest BCUT2D eigenvalue weighted by Gasteiger charge is 2.19. The van der Waals surface area contributed by atoms with E-state index in [0.717, 1.165) is 25.6 Å². The lowest BCUT2D eigenvalue weighted by molar-refractivity contribution is 0.318. The van der Waals surface area contributed by atoms with Gasteiger partial charge in [-0.2, -0.15) is 0 Å². The Morgan fingerprint density at radius 3 is 2.45 bits per heavy atom. The number of nitrogens with zero attached hydrogens (tertiary/aromatic N) is 1. The van der Waals surface area contributed by atoms with E-state index in [-0.39, 0.29) is 0 Å². The summed E-state index contributed by atoms with van der Waals surface area (Å²) in [6, 6.07) is 10.0. The molecule has 20 heavy (non-hydrogen) atoms. The average molecular weight is 274 g/mol. The van der Waals surface area contributed by atoms with E-state index in [2.05, 4.69) is 48.5 Å². The normalized spacial score (nSPS) is 14.9. The number of rotatable bonds is 10. The third-order valence-corrected chi connectivity index (χ3v) is 4.04. The van der Waals surface area contributed by atoms with Crippen LogP contribution in [0.1, 0.15) is 50.2 Å². The van der Waals surface area contributed by atoms with Crippen molar-refractivity contribution in [2.45, 2.75) is 58.0 Å². The Labute approximate surface area is 124 Å². The molecule has 0 bridgehead atoms. The van der Waals surface area contributed by atoms with Crippen molar-refractivity contribution in [1.29, 1.82) is 0 Å². The summed E-state index contributed by atoms with van der Waals surface area (Å²) in [5, 5.41) is 3.57. The summed E-state index contributed by atoms with van der Waals surface area (Å²) < 4.78 is 0. The van der Waals surface area contributed by atoms with Gasteiger partial charge in [0.1, 0.15) is 0 Å². The first kappa shape index (κ1) is 15.5. The zero-order chi connectivity index (χ0) is 14.2. The van der Waals surface area contributed by atoms with Crippen LogP contribution in [0.25, 0.3) is 0 Å². The standard InChI is InChI=1S/C18H30N2/c1-3-4-5-14-20(2)15-17-8-6-16(7-9-17)12-13-19-18-10-11-18/h6-9,18-19H,3-5,10-15H2,1-2H3. The van der Waals surface area contributed by atoms with E-state index in [1.165, 1.54) is 49.8 Å². The molecule has 2 rings (SSSR count). The summed E-state index contributed by atoms with van der Waals surface area (Å²) in [5.41, 5.74) is 2.89.